The summed E-state index contributed by atoms with van der Waals surface area (Å²) in [4.78, 5) is 2.69. The Labute approximate surface area is 154 Å². The Morgan fingerprint density at radius 1 is 1.12 bits per heavy atom. The zero-order chi connectivity index (χ0) is 18.1. The molecule has 2 N–H and O–H groups in total. The number of nitrogens with two attached hydrogens (primary N) is 1. The van der Waals surface area contributed by atoms with Crippen molar-refractivity contribution in [2.24, 2.45) is 23.5 Å². The molecular formula is C22H38N2O. The highest BCUT2D eigenvalue weighted by Crippen LogP contribution is 2.29. The lowest BCUT2D eigenvalue weighted by atomic mass is 9.81. The molecule has 142 valence electrons. The standard InChI is InChI=1S/C22H38N2O/c1-4-18(5-2)15-24(16-20-11-9-19(14-23)10-12-20)17-21-7-6-8-22(13-21)25-3/h6-8,13,18-20H,4-5,9-12,14-17,23H2,1-3H3. The van der Waals surface area contributed by atoms with Crippen LogP contribution in [0.5, 0.6) is 5.75 Å². The van der Waals surface area contributed by atoms with Gasteiger partial charge in [0.25, 0.3) is 0 Å². The molecule has 3 heteroatoms. The second-order valence-electron chi connectivity index (χ2n) is 7.85. The maximum Gasteiger partial charge on any atom is 0.119 e. The van der Waals surface area contributed by atoms with Crippen molar-refractivity contribution in [2.75, 3.05) is 26.7 Å². The molecule has 3 nitrogen and oxygen atoms in total. The zero-order valence-electron chi connectivity index (χ0n) is 16.5. The zero-order valence-corrected chi connectivity index (χ0v) is 16.5. The molecule has 1 aromatic rings. The number of nitrogens with zero attached hydrogens (tertiary/aromatic N) is 1. The first-order chi connectivity index (χ1) is 12.2. The first kappa shape index (κ1) is 20.3. The lowest BCUT2D eigenvalue weighted by Crippen LogP contribution is -2.35. The van der Waals surface area contributed by atoms with Crippen molar-refractivity contribution in [3.63, 3.8) is 0 Å². The minimum Gasteiger partial charge on any atom is -0.497 e. The molecule has 0 radical (unpaired) electrons. The molecule has 0 spiro atoms. The summed E-state index contributed by atoms with van der Waals surface area (Å²) in [6.45, 7) is 8.99. The Balaban J connectivity index is 1.99. The number of hydrogen-bond donors (Lipinski definition) is 1. The summed E-state index contributed by atoms with van der Waals surface area (Å²) in [5.41, 5.74) is 7.22. The van der Waals surface area contributed by atoms with Crippen molar-refractivity contribution < 1.29 is 4.74 Å². The van der Waals surface area contributed by atoms with Crippen LogP contribution in [0.1, 0.15) is 57.9 Å². The molecule has 0 atom stereocenters. The summed E-state index contributed by atoms with van der Waals surface area (Å²) in [7, 11) is 1.75. The Hall–Kier alpha value is -1.06. The maximum absolute atomic E-state index is 5.86. The molecule has 0 amide bonds. The molecule has 0 bridgehead atoms. The van der Waals surface area contributed by atoms with E-state index >= 15 is 0 Å². The minimum absolute atomic E-state index is 0.766. The molecule has 0 saturated heterocycles. The van der Waals surface area contributed by atoms with E-state index in [1.807, 2.05) is 6.07 Å². The average Bonchev–Trinajstić information content (AvgIpc) is 2.66. The molecular weight excluding hydrogens is 308 g/mol. The largest absolute Gasteiger partial charge is 0.497 e. The van der Waals surface area contributed by atoms with E-state index in [1.54, 1.807) is 7.11 Å². The van der Waals surface area contributed by atoms with Crippen LogP contribution < -0.4 is 10.5 Å². The van der Waals surface area contributed by atoms with Crippen LogP contribution in [0.2, 0.25) is 0 Å². The molecule has 1 fully saturated rings. The van der Waals surface area contributed by atoms with Gasteiger partial charge in [-0.1, -0.05) is 38.8 Å². The molecule has 0 unspecified atom stereocenters. The van der Waals surface area contributed by atoms with Gasteiger partial charge in [-0.3, -0.25) is 4.90 Å². The molecule has 1 aliphatic rings. The van der Waals surface area contributed by atoms with Crippen LogP contribution in [0.4, 0.5) is 0 Å². The van der Waals surface area contributed by atoms with E-state index in [0.717, 1.165) is 36.6 Å². The van der Waals surface area contributed by atoms with Gasteiger partial charge in [0.1, 0.15) is 5.75 Å². The monoisotopic (exact) mass is 346 g/mol. The van der Waals surface area contributed by atoms with Gasteiger partial charge in [0.15, 0.2) is 0 Å². The van der Waals surface area contributed by atoms with Crippen LogP contribution in [0.25, 0.3) is 0 Å². The molecule has 25 heavy (non-hydrogen) atoms. The summed E-state index contributed by atoms with van der Waals surface area (Å²) in [6, 6.07) is 8.55. The summed E-state index contributed by atoms with van der Waals surface area (Å²) >= 11 is 0. The molecule has 0 aromatic heterocycles. The van der Waals surface area contributed by atoms with Gasteiger partial charge in [-0.05, 0) is 67.7 Å². The Morgan fingerprint density at radius 3 is 2.40 bits per heavy atom. The second kappa shape index (κ2) is 10.8. The van der Waals surface area contributed by atoms with Gasteiger partial charge >= 0.3 is 0 Å². The fourth-order valence-electron chi connectivity index (χ4n) is 4.16. The van der Waals surface area contributed by atoms with E-state index in [0.29, 0.717) is 0 Å². The predicted octanol–water partition coefficient (Wildman–Crippen LogP) is 4.70. The van der Waals surface area contributed by atoms with Gasteiger partial charge in [-0.15, -0.1) is 0 Å². The number of rotatable bonds is 10. The number of benzene rings is 1. The lowest BCUT2D eigenvalue weighted by molar-refractivity contribution is 0.153. The highest BCUT2D eigenvalue weighted by Gasteiger charge is 2.23. The number of ether oxygens (including phenoxy) is 1. The van der Waals surface area contributed by atoms with Gasteiger partial charge in [-0.25, -0.2) is 0 Å². The molecule has 0 heterocycles. The first-order valence-electron chi connectivity index (χ1n) is 10.2. The summed E-state index contributed by atoms with van der Waals surface area (Å²) in [5, 5.41) is 0. The topological polar surface area (TPSA) is 38.5 Å². The van der Waals surface area contributed by atoms with Crippen molar-refractivity contribution in [2.45, 2.75) is 58.9 Å². The van der Waals surface area contributed by atoms with Crippen LogP contribution in [-0.2, 0) is 6.54 Å². The molecule has 1 aromatic carbocycles. The summed E-state index contributed by atoms with van der Waals surface area (Å²) < 4.78 is 5.40. The van der Waals surface area contributed by atoms with E-state index in [1.165, 1.54) is 57.2 Å². The Kier molecular flexibility index (Phi) is 8.77. The van der Waals surface area contributed by atoms with Gasteiger partial charge in [0.2, 0.25) is 0 Å². The third kappa shape index (κ3) is 6.63. The molecule has 0 aliphatic heterocycles. The van der Waals surface area contributed by atoms with E-state index in [-0.39, 0.29) is 0 Å². The van der Waals surface area contributed by atoms with Crippen LogP contribution in [-0.4, -0.2) is 31.6 Å². The fourth-order valence-corrected chi connectivity index (χ4v) is 4.16. The van der Waals surface area contributed by atoms with Crippen molar-refractivity contribution in [1.29, 1.82) is 0 Å². The fraction of sp³-hybridized carbons (Fsp3) is 0.727. The quantitative estimate of drug-likeness (QED) is 0.667. The van der Waals surface area contributed by atoms with Crippen LogP contribution in [0, 0.1) is 17.8 Å². The Morgan fingerprint density at radius 2 is 1.80 bits per heavy atom. The lowest BCUT2D eigenvalue weighted by Gasteiger charge is -2.34. The first-order valence-corrected chi connectivity index (χ1v) is 10.2. The van der Waals surface area contributed by atoms with Crippen molar-refractivity contribution in [3.8, 4) is 5.75 Å². The second-order valence-corrected chi connectivity index (χ2v) is 7.85. The number of hydrogen-bond acceptors (Lipinski definition) is 3. The number of methoxy groups -OCH3 is 1. The van der Waals surface area contributed by atoms with Crippen molar-refractivity contribution in [1.82, 2.24) is 4.90 Å². The highest BCUT2D eigenvalue weighted by atomic mass is 16.5. The van der Waals surface area contributed by atoms with Gasteiger partial charge in [0.05, 0.1) is 7.11 Å². The smallest absolute Gasteiger partial charge is 0.119 e. The third-order valence-electron chi connectivity index (χ3n) is 6.03. The minimum atomic E-state index is 0.766. The normalized spacial score (nSPS) is 21.0. The summed E-state index contributed by atoms with van der Waals surface area (Å²) in [6.07, 6.45) is 7.87. The predicted molar refractivity (Wildman–Crippen MR) is 107 cm³/mol. The Bertz CT molecular complexity index is 479. The van der Waals surface area contributed by atoms with E-state index in [9.17, 15) is 0 Å². The molecule has 2 rings (SSSR count). The SMILES string of the molecule is CCC(CC)CN(Cc1cccc(OC)c1)CC1CCC(CN)CC1. The maximum atomic E-state index is 5.86. The van der Waals surface area contributed by atoms with E-state index in [2.05, 4.69) is 36.9 Å². The highest BCUT2D eigenvalue weighted by molar-refractivity contribution is 5.28. The van der Waals surface area contributed by atoms with Crippen LogP contribution in [0.3, 0.4) is 0 Å². The van der Waals surface area contributed by atoms with Gasteiger partial charge in [-0.2, -0.15) is 0 Å². The van der Waals surface area contributed by atoms with E-state index < -0.39 is 0 Å². The van der Waals surface area contributed by atoms with Gasteiger partial charge < -0.3 is 10.5 Å². The van der Waals surface area contributed by atoms with E-state index in [4.69, 9.17) is 10.5 Å². The van der Waals surface area contributed by atoms with Crippen LogP contribution in [0.15, 0.2) is 24.3 Å². The van der Waals surface area contributed by atoms with Crippen molar-refractivity contribution in [3.05, 3.63) is 29.8 Å². The average molecular weight is 347 g/mol. The van der Waals surface area contributed by atoms with Crippen LogP contribution >= 0.6 is 0 Å². The third-order valence-corrected chi connectivity index (χ3v) is 6.03. The summed E-state index contributed by atoms with van der Waals surface area (Å²) in [5.74, 6) is 3.36. The molecule has 1 aliphatic carbocycles. The molecule has 1 saturated carbocycles. The van der Waals surface area contributed by atoms with Crippen molar-refractivity contribution >= 4 is 0 Å². The van der Waals surface area contributed by atoms with Gasteiger partial charge in [0, 0.05) is 19.6 Å².